The first-order valence-electron chi connectivity index (χ1n) is 7.94. The summed E-state index contributed by atoms with van der Waals surface area (Å²) in [4.78, 5) is 12.5. The number of ether oxygens (including phenoxy) is 1. The molecule has 0 atom stereocenters. The molecule has 118 valence electrons. The number of nitrogens with one attached hydrogen (secondary N) is 1. The van der Waals surface area contributed by atoms with Crippen LogP contribution >= 0.6 is 0 Å². The number of carbonyl (C=O) groups excluding carboxylic acids is 1. The molecule has 0 radical (unpaired) electrons. The van der Waals surface area contributed by atoms with Crippen LogP contribution in [0.5, 0.6) is 5.75 Å². The average Bonchev–Trinajstić information content (AvgIpc) is 2.63. The van der Waals surface area contributed by atoms with Gasteiger partial charge in [0.2, 0.25) is 0 Å². The zero-order valence-electron chi connectivity index (χ0n) is 13.4. The van der Waals surface area contributed by atoms with Crippen molar-refractivity contribution in [2.24, 2.45) is 0 Å². The first kappa shape index (κ1) is 14.5. The van der Waals surface area contributed by atoms with Gasteiger partial charge < -0.3 is 10.1 Å². The molecule has 0 fully saturated rings. The van der Waals surface area contributed by atoms with E-state index in [4.69, 9.17) is 4.74 Å². The molecule has 1 heterocycles. The maximum atomic E-state index is 12.5. The summed E-state index contributed by atoms with van der Waals surface area (Å²) in [5.74, 6) is 0.693. The molecule has 1 aliphatic rings. The second-order valence-electron chi connectivity index (χ2n) is 5.98. The summed E-state index contributed by atoms with van der Waals surface area (Å²) < 4.78 is 5.79. The molecular formula is C21H17NO2. The van der Waals surface area contributed by atoms with Crippen LogP contribution < -0.4 is 10.1 Å². The highest BCUT2D eigenvalue weighted by atomic mass is 16.5. The molecule has 1 aliphatic heterocycles. The van der Waals surface area contributed by atoms with E-state index in [2.05, 4.69) is 17.4 Å². The van der Waals surface area contributed by atoms with Crippen molar-refractivity contribution in [1.29, 1.82) is 0 Å². The van der Waals surface area contributed by atoms with Crippen LogP contribution in [-0.2, 0) is 4.79 Å². The quantitative estimate of drug-likeness (QED) is 0.752. The van der Waals surface area contributed by atoms with Gasteiger partial charge in [-0.2, -0.15) is 0 Å². The van der Waals surface area contributed by atoms with E-state index < -0.39 is 0 Å². The van der Waals surface area contributed by atoms with Gasteiger partial charge in [0.15, 0.2) is 0 Å². The Morgan fingerprint density at radius 3 is 2.62 bits per heavy atom. The largest absolute Gasteiger partial charge is 0.488 e. The van der Waals surface area contributed by atoms with Crippen molar-refractivity contribution in [3.05, 3.63) is 77.4 Å². The molecule has 1 amide bonds. The van der Waals surface area contributed by atoms with E-state index in [-0.39, 0.29) is 12.5 Å². The highest BCUT2D eigenvalue weighted by molar-refractivity contribution is 6.09. The van der Waals surface area contributed by atoms with Gasteiger partial charge in [-0.3, -0.25) is 4.79 Å². The molecule has 0 aromatic heterocycles. The van der Waals surface area contributed by atoms with Crippen LogP contribution in [0.3, 0.4) is 0 Å². The molecule has 0 unspecified atom stereocenters. The van der Waals surface area contributed by atoms with E-state index in [0.29, 0.717) is 5.57 Å². The second-order valence-corrected chi connectivity index (χ2v) is 5.98. The Labute approximate surface area is 140 Å². The van der Waals surface area contributed by atoms with Crippen LogP contribution in [0.15, 0.2) is 66.2 Å². The first-order chi connectivity index (χ1) is 11.7. The van der Waals surface area contributed by atoms with Crippen molar-refractivity contribution in [3.8, 4) is 5.75 Å². The van der Waals surface area contributed by atoms with Crippen LogP contribution in [0, 0.1) is 6.92 Å². The number of aryl methyl sites for hydroxylation is 1. The maximum absolute atomic E-state index is 12.5. The van der Waals surface area contributed by atoms with E-state index in [1.807, 2.05) is 61.5 Å². The molecule has 24 heavy (non-hydrogen) atoms. The lowest BCUT2D eigenvalue weighted by Crippen LogP contribution is -2.21. The Hall–Kier alpha value is -3.07. The van der Waals surface area contributed by atoms with E-state index in [1.165, 1.54) is 0 Å². The van der Waals surface area contributed by atoms with Gasteiger partial charge in [-0.05, 0) is 42.0 Å². The minimum absolute atomic E-state index is 0.127. The number of hydrogen-bond donors (Lipinski definition) is 1. The normalized spacial score (nSPS) is 13.0. The number of anilines is 1. The predicted molar refractivity (Wildman–Crippen MR) is 97.2 cm³/mol. The highest BCUT2D eigenvalue weighted by Gasteiger charge is 2.19. The lowest BCUT2D eigenvalue weighted by molar-refractivity contribution is -0.113. The van der Waals surface area contributed by atoms with Crippen molar-refractivity contribution < 1.29 is 9.53 Å². The Morgan fingerprint density at radius 1 is 1.00 bits per heavy atom. The number of carbonyl (C=O) groups is 1. The van der Waals surface area contributed by atoms with Crippen LogP contribution in [0.4, 0.5) is 5.69 Å². The van der Waals surface area contributed by atoms with Crippen LogP contribution in [-0.4, -0.2) is 12.5 Å². The molecule has 0 aliphatic carbocycles. The molecule has 0 spiro atoms. The van der Waals surface area contributed by atoms with Gasteiger partial charge in [0.25, 0.3) is 5.91 Å². The van der Waals surface area contributed by atoms with Crippen molar-refractivity contribution >= 4 is 28.4 Å². The predicted octanol–water partition coefficient (Wildman–Crippen LogP) is 4.56. The lowest BCUT2D eigenvalue weighted by Gasteiger charge is -2.19. The minimum Gasteiger partial charge on any atom is -0.488 e. The molecule has 1 N–H and O–H groups in total. The molecule has 3 aromatic rings. The number of rotatable bonds is 2. The fourth-order valence-electron chi connectivity index (χ4n) is 2.90. The molecule has 4 rings (SSSR count). The maximum Gasteiger partial charge on any atom is 0.255 e. The Kier molecular flexibility index (Phi) is 3.54. The zero-order valence-corrected chi connectivity index (χ0v) is 13.4. The van der Waals surface area contributed by atoms with Gasteiger partial charge in [0.1, 0.15) is 12.4 Å². The summed E-state index contributed by atoms with van der Waals surface area (Å²) in [5, 5.41) is 5.16. The molecular weight excluding hydrogens is 298 g/mol. The third-order valence-electron chi connectivity index (χ3n) is 4.23. The molecule has 0 saturated heterocycles. The Balaban J connectivity index is 1.68. The fraction of sp³-hybridized carbons (Fsp3) is 0.0952. The van der Waals surface area contributed by atoms with Gasteiger partial charge in [-0.1, -0.05) is 48.0 Å². The Morgan fingerprint density at radius 2 is 1.79 bits per heavy atom. The van der Waals surface area contributed by atoms with E-state index in [1.54, 1.807) is 0 Å². The average molecular weight is 315 g/mol. The van der Waals surface area contributed by atoms with E-state index >= 15 is 0 Å². The number of amides is 1. The molecule has 0 bridgehead atoms. The number of fused-ring (bicyclic) bond motifs is 3. The van der Waals surface area contributed by atoms with E-state index in [0.717, 1.165) is 33.3 Å². The Bertz CT molecular complexity index is 955. The van der Waals surface area contributed by atoms with Gasteiger partial charge in [-0.25, -0.2) is 0 Å². The van der Waals surface area contributed by atoms with Gasteiger partial charge >= 0.3 is 0 Å². The van der Waals surface area contributed by atoms with Gasteiger partial charge in [0, 0.05) is 11.3 Å². The summed E-state index contributed by atoms with van der Waals surface area (Å²) >= 11 is 0. The molecule has 3 heteroatoms. The van der Waals surface area contributed by atoms with Crippen molar-refractivity contribution in [1.82, 2.24) is 0 Å². The summed E-state index contributed by atoms with van der Waals surface area (Å²) in [6, 6.07) is 19.9. The summed E-state index contributed by atoms with van der Waals surface area (Å²) in [5.41, 5.74) is 3.54. The summed E-state index contributed by atoms with van der Waals surface area (Å²) in [6.07, 6.45) is 1.94. The van der Waals surface area contributed by atoms with Gasteiger partial charge in [0.05, 0.1) is 5.57 Å². The van der Waals surface area contributed by atoms with Gasteiger partial charge in [-0.15, -0.1) is 0 Å². The molecule has 3 aromatic carbocycles. The monoisotopic (exact) mass is 315 g/mol. The third-order valence-corrected chi connectivity index (χ3v) is 4.23. The second kappa shape index (κ2) is 5.85. The summed E-state index contributed by atoms with van der Waals surface area (Å²) in [7, 11) is 0. The fourth-order valence-corrected chi connectivity index (χ4v) is 2.90. The summed E-state index contributed by atoms with van der Waals surface area (Å²) in [6.45, 7) is 2.30. The topological polar surface area (TPSA) is 38.3 Å². The van der Waals surface area contributed by atoms with Crippen LogP contribution in [0.1, 0.15) is 11.1 Å². The number of hydrogen-bond acceptors (Lipinski definition) is 2. The highest BCUT2D eigenvalue weighted by Crippen LogP contribution is 2.33. The zero-order chi connectivity index (χ0) is 16.5. The SMILES string of the molecule is Cc1ccc(NC(=O)C2=Cc3c(ccc4ccccc34)OC2)cc1. The van der Waals surface area contributed by atoms with Crippen LogP contribution in [0.2, 0.25) is 0 Å². The minimum atomic E-state index is -0.127. The van der Waals surface area contributed by atoms with Crippen molar-refractivity contribution in [2.45, 2.75) is 6.92 Å². The molecule has 3 nitrogen and oxygen atoms in total. The van der Waals surface area contributed by atoms with E-state index in [9.17, 15) is 4.79 Å². The third kappa shape index (κ3) is 2.65. The van der Waals surface area contributed by atoms with Crippen LogP contribution in [0.25, 0.3) is 16.8 Å². The standard InChI is InChI=1S/C21H17NO2/c1-14-6-9-17(10-7-14)22-21(23)16-12-19-18-5-3-2-4-15(18)8-11-20(19)24-13-16/h2-12H,13H2,1H3,(H,22,23). The van der Waals surface area contributed by atoms with Crippen molar-refractivity contribution in [3.63, 3.8) is 0 Å². The van der Waals surface area contributed by atoms with Crippen molar-refractivity contribution in [2.75, 3.05) is 11.9 Å². The number of benzene rings is 3. The molecule has 0 saturated carbocycles. The first-order valence-corrected chi connectivity index (χ1v) is 7.94. The smallest absolute Gasteiger partial charge is 0.255 e. The lowest BCUT2D eigenvalue weighted by atomic mass is 9.99.